The Morgan fingerprint density at radius 3 is 1.98 bits per heavy atom. The molecule has 1 saturated heterocycles. The number of alkyl carbamates (subject to hydrolysis) is 1. The summed E-state index contributed by atoms with van der Waals surface area (Å²) in [7, 11) is 0. The molecule has 0 radical (unpaired) electrons. The number of hydrogen-bond acceptors (Lipinski definition) is 8. The molecule has 316 valence electrons. The van der Waals surface area contributed by atoms with Crippen LogP contribution in [0.25, 0.3) is 0 Å². The summed E-state index contributed by atoms with van der Waals surface area (Å²) in [5.41, 5.74) is -0.00474. The van der Waals surface area contributed by atoms with Gasteiger partial charge in [0, 0.05) is 18.9 Å². The average molecular weight is 787 g/mol. The van der Waals surface area contributed by atoms with Crippen LogP contribution >= 0.6 is 0 Å². The van der Waals surface area contributed by atoms with Crippen molar-refractivity contribution in [3.63, 3.8) is 0 Å². The maximum absolute atomic E-state index is 13.9. The predicted octanol–water partition coefficient (Wildman–Crippen LogP) is 3.89. The van der Waals surface area contributed by atoms with Crippen molar-refractivity contribution in [1.29, 1.82) is 0 Å². The minimum Gasteiger partial charge on any atom is -0.444 e. The standard InChI is InChI=1S/C42H70N6O8/c1-12-27(8)37(40(54)44-30-22-35(50)43-29(30)18-24(2)3)48-36(51)23-34(49)31(19-25(4)5)45-38(52)32(20-26(6)7)46-39(53)33(21-28-16-14-13-15-17-28)47-41(55)56-42(9,10)11/h13-17,24-27,29-34,37,49H,12,18-23H2,1-11H3,(H,43,50)(H,44,54)(H,45,52)(H,46,53)(H,47,55)(H,48,51)/t27-,29-,30-,31-,32-,33-,34-,37-/m0/s1. The summed E-state index contributed by atoms with van der Waals surface area (Å²) in [5.74, 6) is -2.16. The summed E-state index contributed by atoms with van der Waals surface area (Å²) in [6.07, 6.45) is -0.292. The van der Waals surface area contributed by atoms with Crippen molar-refractivity contribution in [2.45, 2.75) is 169 Å². The fourth-order valence-corrected chi connectivity index (χ4v) is 6.72. The normalized spacial score (nSPS) is 18.9. The zero-order valence-electron chi connectivity index (χ0n) is 35.5. The Morgan fingerprint density at radius 2 is 1.43 bits per heavy atom. The van der Waals surface area contributed by atoms with E-state index in [4.69, 9.17) is 4.74 Å². The van der Waals surface area contributed by atoms with E-state index in [2.05, 4.69) is 31.9 Å². The first-order chi connectivity index (χ1) is 26.1. The summed E-state index contributed by atoms with van der Waals surface area (Å²) >= 11 is 0. The van der Waals surface area contributed by atoms with Gasteiger partial charge in [-0.05, 0) is 69.3 Å². The lowest BCUT2D eigenvalue weighted by Gasteiger charge is -2.30. The van der Waals surface area contributed by atoms with Gasteiger partial charge in [-0.2, -0.15) is 0 Å². The molecule has 0 saturated carbocycles. The monoisotopic (exact) mass is 787 g/mol. The Kier molecular flexibility index (Phi) is 19.3. The highest BCUT2D eigenvalue weighted by Crippen LogP contribution is 2.19. The number of nitrogens with one attached hydrogen (secondary N) is 6. The van der Waals surface area contributed by atoms with Gasteiger partial charge in [0.15, 0.2) is 0 Å². The predicted molar refractivity (Wildman–Crippen MR) is 216 cm³/mol. The number of amides is 6. The third-order valence-electron chi connectivity index (χ3n) is 9.64. The van der Waals surface area contributed by atoms with E-state index in [0.717, 1.165) is 5.56 Å². The van der Waals surface area contributed by atoms with Crippen LogP contribution in [-0.2, 0) is 35.1 Å². The topological polar surface area (TPSA) is 204 Å². The molecule has 14 nitrogen and oxygen atoms in total. The van der Waals surface area contributed by atoms with Crippen LogP contribution < -0.4 is 31.9 Å². The molecule has 1 aliphatic heterocycles. The third kappa shape index (κ3) is 17.3. The van der Waals surface area contributed by atoms with Crippen molar-refractivity contribution in [3.8, 4) is 0 Å². The van der Waals surface area contributed by atoms with Crippen molar-refractivity contribution in [3.05, 3.63) is 35.9 Å². The molecule has 1 aromatic rings. The molecule has 0 bridgehead atoms. The first-order valence-electron chi connectivity index (χ1n) is 20.3. The van der Waals surface area contributed by atoms with E-state index in [0.29, 0.717) is 25.2 Å². The highest BCUT2D eigenvalue weighted by molar-refractivity contribution is 5.92. The molecular weight excluding hydrogens is 716 g/mol. The molecule has 56 heavy (non-hydrogen) atoms. The molecule has 2 rings (SSSR count). The summed E-state index contributed by atoms with van der Waals surface area (Å²) in [4.78, 5) is 79.7. The Morgan fingerprint density at radius 1 is 0.821 bits per heavy atom. The Labute approximate surface area is 334 Å². The van der Waals surface area contributed by atoms with Crippen LogP contribution in [0.4, 0.5) is 4.79 Å². The molecule has 0 aliphatic carbocycles. The lowest BCUT2D eigenvalue weighted by Crippen LogP contribution is -2.58. The minimum absolute atomic E-state index is 0.0147. The fraction of sp³-hybridized carbons (Fsp3) is 0.714. The zero-order valence-corrected chi connectivity index (χ0v) is 35.5. The van der Waals surface area contributed by atoms with E-state index in [1.165, 1.54) is 0 Å². The number of carbonyl (C=O) groups excluding carboxylic acids is 6. The summed E-state index contributed by atoms with van der Waals surface area (Å²) < 4.78 is 5.42. The van der Waals surface area contributed by atoms with E-state index >= 15 is 0 Å². The van der Waals surface area contributed by atoms with Crippen LogP contribution in [0.15, 0.2) is 30.3 Å². The largest absolute Gasteiger partial charge is 0.444 e. The number of rotatable bonds is 21. The van der Waals surface area contributed by atoms with Gasteiger partial charge >= 0.3 is 6.09 Å². The summed E-state index contributed by atoms with van der Waals surface area (Å²) in [6, 6.07) is 4.71. The number of benzene rings is 1. The molecule has 14 heteroatoms. The number of aliphatic hydroxyl groups is 1. The highest BCUT2D eigenvalue weighted by Gasteiger charge is 2.37. The molecule has 0 unspecified atom stereocenters. The highest BCUT2D eigenvalue weighted by atomic mass is 16.6. The van der Waals surface area contributed by atoms with Gasteiger partial charge in [-0.3, -0.25) is 24.0 Å². The molecule has 0 spiro atoms. The van der Waals surface area contributed by atoms with E-state index in [1.807, 2.05) is 85.7 Å². The lowest BCUT2D eigenvalue weighted by atomic mass is 9.94. The van der Waals surface area contributed by atoms with Crippen LogP contribution in [0.2, 0.25) is 0 Å². The zero-order chi connectivity index (χ0) is 42.3. The van der Waals surface area contributed by atoms with Gasteiger partial charge in [-0.1, -0.05) is 92.1 Å². The average Bonchev–Trinajstić information content (AvgIpc) is 3.41. The fourth-order valence-electron chi connectivity index (χ4n) is 6.72. The number of aliphatic hydroxyl groups excluding tert-OH is 1. The van der Waals surface area contributed by atoms with Crippen molar-refractivity contribution in [1.82, 2.24) is 31.9 Å². The molecule has 1 fully saturated rings. The molecule has 1 aliphatic rings. The molecule has 6 amide bonds. The maximum atomic E-state index is 13.9. The Bertz CT molecular complexity index is 1450. The van der Waals surface area contributed by atoms with Crippen LogP contribution in [-0.4, -0.2) is 88.7 Å². The molecule has 0 aromatic heterocycles. The van der Waals surface area contributed by atoms with E-state index in [-0.39, 0.29) is 49.0 Å². The lowest BCUT2D eigenvalue weighted by molar-refractivity contribution is -0.133. The second kappa shape index (κ2) is 22.5. The van der Waals surface area contributed by atoms with Crippen LogP contribution in [0.1, 0.15) is 120 Å². The second-order valence-corrected chi connectivity index (χ2v) is 17.6. The molecular formula is C42H70N6O8. The number of carbonyl (C=O) groups is 6. The van der Waals surface area contributed by atoms with Crippen molar-refractivity contribution in [2.24, 2.45) is 23.7 Å². The molecule has 8 atom stereocenters. The van der Waals surface area contributed by atoms with E-state index < -0.39 is 78.1 Å². The van der Waals surface area contributed by atoms with Gasteiger partial charge in [-0.25, -0.2) is 4.79 Å². The summed E-state index contributed by atoms with van der Waals surface area (Å²) in [5, 5.41) is 28.5. The first-order valence-corrected chi connectivity index (χ1v) is 20.3. The second-order valence-electron chi connectivity index (χ2n) is 17.6. The van der Waals surface area contributed by atoms with Crippen LogP contribution in [0.3, 0.4) is 0 Å². The number of ether oxygens (including phenoxy) is 1. The van der Waals surface area contributed by atoms with Crippen molar-refractivity contribution < 1.29 is 38.6 Å². The van der Waals surface area contributed by atoms with Crippen molar-refractivity contribution in [2.75, 3.05) is 0 Å². The third-order valence-corrected chi connectivity index (χ3v) is 9.64. The SMILES string of the molecule is CC[C@H](C)[C@H](NC(=O)C[C@H](O)[C@H](CC(C)C)NC(=O)[C@H](CC(C)C)NC(=O)[C@H](Cc1ccccc1)NC(=O)OC(C)(C)C)C(=O)N[C@H]1CC(=O)N[C@H]1CC(C)C. The number of hydrogen-bond donors (Lipinski definition) is 7. The minimum atomic E-state index is -1.32. The van der Waals surface area contributed by atoms with Crippen LogP contribution in [0, 0.1) is 23.7 Å². The molecule has 1 aromatic carbocycles. The van der Waals surface area contributed by atoms with Crippen molar-refractivity contribution >= 4 is 35.6 Å². The van der Waals surface area contributed by atoms with Gasteiger partial charge in [0.1, 0.15) is 23.7 Å². The van der Waals surface area contributed by atoms with Gasteiger partial charge < -0.3 is 41.7 Å². The smallest absolute Gasteiger partial charge is 0.408 e. The quantitative estimate of drug-likeness (QED) is 0.0972. The van der Waals surface area contributed by atoms with Gasteiger partial charge in [0.25, 0.3) is 0 Å². The van der Waals surface area contributed by atoms with E-state index in [1.54, 1.807) is 20.8 Å². The Hall–Kier alpha value is -4.20. The Balaban J connectivity index is 2.22. The molecule has 7 N–H and O–H groups in total. The van der Waals surface area contributed by atoms with Gasteiger partial charge in [0.05, 0.1) is 24.6 Å². The van der Waals surface area contributed by atoms with Gasteiger partial charge in [-0.15, -0.1) is 0 Å². The maximum Gasteiger partial charge on any atom is 0.408 e. The van der Waals surface area contributed by atoms with Gasteiger partial charge in [0.2, 0.25) is 29.5 Å². The summed E-state index contributed by atoms with van der Waals surface area (Å²) in [6.45, 7) is 20.7. The first kappa shape index (κ1) is 48.0. The molecule has 1 heterocycles. The van der Waals surface area contributed by atoms with Crippen LogP contribution in [0.5, 0.6) is 0 Å². The van der Waals surface area contributed by atoms with E-state index in [9.17, 15) is 33.9 Å².